The number of carboxylic acid groups (broad SMARTS) is 1. The van der Waals surface area contributed by atoms with Crippen molar-refractivity contribution in [2.75, 3.05) is 0 Å². The van der Waals surface area contributed by atoms with E-state index in [-0.39, 0.29) is 11.7 Å². The molecule has 0 aromatic heterocycles. The van der Waals surface area contributed by atoms with Gasteiger partial charge in [-0.2, -0.15) is 0 Å². The van der Waals surface area contributed by atoms with Crippen LogP contribution in [-0.2, 0) is 9.53 Å². The number of carboxylic acids is 1. The van der Waals surface area contributed by atoms with Crippen LogP contribution in [0.5, 0.6) is 0 Å². The van der Waals surface area contributed by atoms with E-state index in [9.17, 15) is 4.79 Å². The van der Waals surface area contributed by atoms with E-state index in [0.717, 1.165) is 6.42 Å². The Morgan fingerprint density at radius 2 is 2.07 bits per heavy atom. The Kier molecular flexibility index (Phi) is 4.85. The summed E-state index contributed by atoms with van der Waals surface area (Å²) in [6.45, 7) is 9.45. The van der Waals surface area contributed by atoms with E-state index >= 15 is 0 Å². The highest BCUT2D eigenvalue weighted by atomic mass is 16.5. The Hall–Kier alpha value is -0.830. The topological polar surface area (TPSA) is 46.5 Å². The summed E-state index contributed by atoms with van der Waals surface area (Å²) in [7, 11) is 0. The highest BCUT2D eigenvalue weighted by molar-refractivity contribution is 5.85. The lowest BCUT2D eigenvalue weighted by Crippen LogP contribution is -2.27. The third kappa shape index (κ3) is 5.02. The zero-order valence-electron chi connectivity index (χ0n) is 9.63. The summed E-state index contributed by atoms with van der Waals surface area (Å²) in [5, 5.41) is 8.66. The molecule has 0 fully saturated rings. The summed E-state index contributed by atoms with van der Waals surface area (Å²) in [6, 6.07) is 0. The quantitative estimate of drug-likeness (QED) is 0.694. The maximum atomic E-state index is 10.5. The van der Waals surface area contributed by atoms with Gasteiger partial charge in [0.25, 0.3) is 0 Å². The van der Waals surface area contributed by atoms with Gasteiger partial charge in [-0.25, -0.2) is 4.79 Å². The van der Waals surface area contributed by atoms with Crippen LogP contribution in [0.2, 0.25) is 0 Å². The van der Waals surface area contributed by atoms with Gasteiger partial charge in [0, 0.05) is 5.57 Å². The Bertz CT molecular complexity index is 229. The molecule has 0 saturated heterocycles. The van der Waals surface area contributed by atoms with Gasteiger partial charge in [-0.05, 0) is 40.2 Å². The molecule has 0 spiro atoms. The largest absolute Gasteiger partial charge is 0.478 e. The molecule has 0 aliphatic heterocycles. The molecule has 0 rings (SSSR count). The molecule has 82 valence electrons. The molecule has 1 N–H and O–H groups in total. The normalized spacial score (nSPS) is 15.4. The Labute approximate surface area is 85.8 Å². The molecule has 0 saturated carbocycles. The number of hydrogen-bond acceptors (Lipinski definition) is 2. The highest BCUT2D eigenvalue weighted by Gasteiger charge is 2.18. The molecule has 14 heavy (non-hydrogen) atoms. The van der Waals surface area contributed by atoms with E-state index in [0.29, 0.717) is 5.57 Å². The van der Waals surface area contributed by atoms with E-state index < -0.39 is 5.97 Å². The summed E-state index contributed by atoms with van der Waals surface area (Å²) in [4.78, 5) is 10.5. The van der Waals surface area contributed by atoms with Crippen LogP contribution < -0.4 is 0 Å². The second-order valence-corrected chi connectivity index (χ2v) is 4.09. The molecule has 0 aliphatic rings. The summed E-state index contributed by atoms with van der Waals surface area (Å²) in [5.41, 5.74) is 0.124. The van der Waals surface area contributed by atoms with E-state index in [1.54, 1.807) is 13.0 Å². The molecule has 0 heterocycles. The van der Waals surface area contributed by atoms with Gasteiger partial charge < -0.3 is 9.84 Å². The fourth-order valence-electron chi connectivity index (χ4n) is 1.04. The molecule has 0 bridgehead atoms. The summed E-state index contributed by atoms with van der Waals surface area (Å²) >= 11 is 0. The summed E-state index contributed by atoms with van der Waals surface area (Å²) in [6.07, 6.45) is 2.36. The van der Waals surface area contributed by atoms with Crippen molar-refractivity contribution in [1.82, 2.24) is 0 Å². The molecule has 3 nitrogen and oxygen atoms in total. The number of ether oxygens (including phenoxy) is 1. The third-order valence-corrected chi connectivity index (χ3v) is 2.18. The molecule has 0 aliphatic carbocycles. The molecule has 0 radical (unpaired) electrons. The lowest BCUT2D eigenvalue weighted by Gasteiger charge is -2.26. The van der Waals surface area contributed by atoms with Crippen LogP contribution in [0.4, 0.5) is 0 Å². The van der Waals surface area contributed by atoms with Crippen LogP contribution in [-0.4, -0.2) is 22.8 Å². The highest BCUT2D eigenvalue weighted by Crippen LogP contribution is 2.17. The van der Waals surface area contributed by atoms with Crippen molar-refractivity contribution in [3.63, 3.8) is 0 Å². The Morgan fingerprint density at radius 3 is 2.43 bits per heavy atom. The predicted octanol–water partition coefficient (Wildman–Crippen LogP) is 2.61. The zero-order chi connectivity index (χ0) is 11.4. The Morgan fingerprint density at radius 1 is 1.57 bits per heavy atom. The van der Waals surface area contributed by atoms with E-state index in [1.165, 1.54) is 0 Å². The summed E-state index contributed by atoms with van der Waals surface area (Å²) < 4.78 is 5.67. The van der Waals surface area contributed by atoms with Gasteiger partial charge in [0.05, 0.1) is 11.7 Å². The minimum atomic E-state index is -0.894. The van der Waals surface area contributed by atoms with E-state index in [2.05, 4.69) is 0 Å². The van der Waals surface area contributed by atoms with E-state index in [1.807, 2.05) is 27.7 Å². The number of carbonyl (C=O) groups is 1. The maximum Gasteiger partial charge on any atom is 0.331 e. The van der Waals surface area contributed by atoms with Crippen molar-refractivity contribution < 1.29 is 14.6 Å². The van der Waals surface area contributed by atoms with Crippen LogP contribution in [0.15, 0.2) is 11.6 Å². The fourth-order valence-corrected chi connectivity index (χ4v) is 1.04. The lowest BCUT2D eigenvalue weighted by molar-refractivity contribution is -0.132. The Balaban J connectivity index is 4.30. The molecule has 0 amide bonds. The van der Waals surface area contributed by atoms with Crippen LogP contribution in [0, 0.1) is 0 Å². The molecular formula is C11H20O3. The second kappa shape index (κ2) is 5.15. The fraction of sp³-hybridized carbons (Fsp3) is 0.727. The number of hydrogen-bond donors (Lipinski definition) is 1. The minimum absolute atomic E-state index is 0.166. The first-order valence-electron chi connectivity index (χ1n) is 4.88. The molecule has 0 aromatic carbocycles. The molecule has 3 heteroatoms. The average Bonchev–Trinajstić information content (AvgIpc) is 2.02. The lowest BCUT2D eigenvalue weighted by atomic mass is 10.1. The van der Waals surface area contributed by atoms with Gasteiger partial charge in [0.15, 0.2) is 0 Å². The average molecular weight is 200 g/mol. The van der Waals surface area contributed by atoms with Gasteiger partial charge in [-0.15, -0.1) is 0 Å². The smallest absolute Gasteiger partial charge is 0.331 e. The van der Waals surface area contributed by atoms with Crippen molar-refractivity contribution in [2.45, 2.75) is 52.7 Å². The first-order chi connectivity index (χ1) is 6.28. The number of rotatable bonds is 5. The second-order valence-electron chi connectivity index (χ2n) is 4.09. The molecule has 0 aromatic rings. The van der Waals surface area contributed by atoms with Gasteiger partial charge >= 0.3 is 5.97 Å². The maximum absolute atomic E-state index is 10.5. The van der Waals surface area contributed by atoms with Crippen molar-refractivity contribution in [1.29, 1.82) is 0 Å². The third-order valence-electron chi connectivity index (χ3n) is 2.18. The molecular weight excluding hydrogens is 180 g/mol. The van der Waals surface area contributed by atoms with Gasteiger partial charge in [0.1, 0.15) is 0 Å². The first kappa shape index (κ1) is 13.2. The molecule has 1 atom stereocenters. The predicted molar refractivity (Wildman–Crippen MR) is 56.3 cm³/mol. The summed E-state index contributed by atoms with van der Waals surface area (Å²) in [5.74, 6) is -0.894. The van der Waals surface area contributed by atoms with E-state index in [4.69, 9.17) is 9.84 Å². The van der Waals surface area contributed by atoms with Crippen LogP contribution in [0.3, 0.4) is 0 Å². The van der Waals surface area contributed by atoms with Crippen molar-refractivity contribution in [3.8, 4) is 0 Å². The van der Waals surface area contributed by atoms with Crippen LogP contribution in [0.1, 0.15) is 41.0 Å². The SMILES string of the molecule is CCC(C)(C)OC(C)C=C(C)C(=O)O. The zero-order valence-corrected chi connectivity index (χ0v) is 9.63. The first-order valence-corrected chi connectivity index (χ1v) is 4.88. The standard InChI is InChI=1S/C11H20O3/c1-6-11(4,5)14-9(3)7-8(2)10(12)13/h7,9H,6H2,1-5H3,(H,12,13). The van der Waals surface area contributed by atoms with Gasteiger partial charge in [-0.1, -0.05) is 6.92 Å². The van der Waals surface area contributed by atoms with Crippen LogP contribution >= 0.6 is 0 Å². The number of aliphatic carboxylic acids is 1. The monoisotopic (exact) mass is 200 g/mol. The van der Waals surface area contributed by atoms with Crippen molar-refractivity contribution in [2.24, 2.45) is 0 Å². The van der Waals surface area contributed by atoms with Gasteiger partial charge in [0.2, 0.25) is 0 Å². The van der Waals surface area contributed by atoms with Crippen molar-refractivity contribution in [3.05, 3.63) is 11.6 Å². The minimum Gasteiger partial charge on any atom is -0.478 e. The van der Waals surface area contributed by atoms with Crippen LogP contribution in [0.25, 0.3) is 0 Å². The molecule has 1 unspecified atom stereocenters. The van der Waals surface area contributed by atoms with Crippen molar-refractivity contribution >= 4 is 5.97 Å². The van der Waals surface area contributed by atoms with Gasteiger partial charge in [-0.3, -0.25) is 0 Å².